The van der Waals surface area contributed by atoms with Gasteiger partial charge in [0, 0.05) is 25.3 Å². The molecule has 10 heteroatoms. The maximum absolute atomic E-state index is 13.7. The van der Waals surface area contributed by atoms with E-state index in [2.05, 4.69) is 42.5 Å². The van der Waals surface area contributed by atoms with Crippen molar-refractivity contribution in [2.45, 2.75) is 6.61 Å². The number of nitrogens with one attached hydrogen (secondary N) is 2. The second kappa shape index (κ2) is 11.7. The smallest absolute Gasteiger partial charge is 0.266 e. The van der Waals surface area contributed by atoms with Crippen molar-refractivity contribution in [3.63, 3.8) is 0 Å². The molecule has 0 bridgehead atoms. The molecule has 0 fully saturated rings. The molecule has 5 rings (SSSR count). The van der Waals surface area contributed by atoms with Gasteiger partial charge in [0.25, 0.3) is 5.56 Å². The van der Waals surface area contributed by atoms with Crippen molar-refractivity contribution in [3.8, 4) is 11.4 Å². The number of halogens is 3. The van der Waals surface area contributed by atoms with E-state index in [0.717, 1.165) is 15.8 Å². The van der Waals surface area contributed by atoms with E-state index in [1.54, 1.807) is 22.8 Å². The molecular weight excluding hydrogens is 652 g/mol. The number of hydrogen-bond acceptors (Lipinski definition) is 4. The maximum Gasteiger partial charge on any atom is 0.266 e. The molecule has 0 saturated carbocycles. The Morgan fingerprint density at radius 3 is 2.21 bits per heavy atom. The summed E-state index contributed by atoms with van der Waals surface area (Å²) in [6.07, 6.45) is 0. The fraction of sp³-hybridized carbons (Fsp3) is 0.0357. The first-order valence-corrected chi connectivity index (χ1v) is 13.8. The molecule has 0 aliphatic heterocycles. The Bertz CT molecular complexity index is 1680. The Kier molecular flexibility index (Phi) is 8.09. The molecule has 4 aromatic carbocycles. The predicted octanol–water partition coefficient (Wildman–Crippen LogP) is 7.95. The van der Waals surface area contributed by atoms with E-state index >= 15 is 0 Å². The van der Waals surface area contributed by atoms with Crippen LogP contribution in [0.25, 0.3) is 16.6 Å². The van der Waals surface area contributed by atoms with Gasteiger partial charge < -0.3 is 15.4 Å². The third kappa shape index (κ3) is 6.07. The molecule has 0 atom stereocenters. The Morgan fingerprint density at radius 2 is 1.55 bits per heavy atom. The highest BCUT2D eigenvalue weighted by molar-refractivity contribution is 9.11. The maximum atomic E-state index is 13.7. The van der Waals surface area contributed by atoms with Crippen molar-refractivity contribution in [2.75, 3.05) is 10.6 Å². The summed E-state index contributed by atoms with van der Waals surface area (Å²) in [5, 5.41) is 7.82. The highest BCUT2D eigenvalue weighted by Gasteiger charge is 2.16. The number of fused-ring (bicyclic) bond motifs is 1. The lowest BCUT2D eigenvalue weighted by Crippen LogP contribution is -2.25. The zero-order chi connectivity index (χ0) is 26.6. The van der Waals surface area contributed by atoms with Gasteiger partial charge in [0.15, 0.2) is 10.9 Å². The minimum Gasteiger partial charge on any atom is -0.486 e. The lowest BCUT2D eigenvalue weighted by Gasteiger charge is -2.16. The van der Waals surface area contributed by atoms with Crippen LogP contribution in [0.5, 0.6) is 5.75 Å². The number of aromatic nitrogens is 2. The van der Waals surface area contributed by atoms with E-state index in [1.807, 2.05) is 72.8 Å². The topological polar surface area (TPSA) is 68.2 Å². The summed E-state index contributed by atoms with van der Waals surface area (Å²) >= 11 is 18.4. The molecule has 0 saturated heterocycles. The minimum atomic E-state index is -0.204. The van der Waals surface area contributed by atoms with Crippen molar-refractivity contribution in [1.82, 2.24) is 9.55 Å². The Hall–Kier alpha value is -3.24. The van der Waals surface area contributed by atoms with Crippen LogP contribution >= 0.6 is 55.7 Å². The van der Waals surface area contributed by atoms with Crippen molar-refractivity contribution >= 4 is 83.1 Å². The minimum absolute atomic E-state index is 0.104. The van der Waals surface area contributed by atoms with E-state index in [1.165, 1.54) is 0 Å². The highest BCUT2D eigenvalue weighted by atomic mass is 79.9. The van der Waals surface area contributed by atoms with Crippen LogP contribution in [0.15, 0.2) is 105 Å². The number of nitrogens with zero attached hydrogens (tertiary/aromatic N) is 2. The van der Waals surface area contributed by atoms with Crippen LogP contribution < -0.4 is 20.9 Å². The Balaban J connectivity index is 1.46. The van der Waals surface area contributed by atoms with Crippen LogP contribution in [0.3, 0.4) is 0 Å². The van der Waals surface area contributed by atoms with E-state index in [0.29, 0.717) is 42.8 Å². The molecule has 0 aliphatic carbocycles. The molecule has 5 aromatic rings. The predicted molar refractivity (Wildman–Crippen MR) is 165 cm³/mol. The number of para-hydroxylation sites is 1. The zero-order valence-corrected chi connectivity index (χ0v) is 24.4. The fourth-order valence-corrected chi connectivity index (χ4v) is 5.48. The first-order chi connectivity index (χ1) is 18.4. The average Bonchev–Trinajstić information content (AvgIpc) is 2.91. The number of benzene rings is 4. The second-order valence-electron chi connectivity index (χ2n) is 8.19. The van der Waals surface area contributed by atoms with Gasteiger partial charge in [-0.15, -0.1) is 0 Å². The zero-order valence-electron chi connectivity index (χ0n) is 19.6. The summed E-state index contributed by atoms with van der Waals surface area (Å²) in [5.41, 5.74) is 2.59. The van der Waals surface area contributed by atoms with Crippen LogP contribution in [0, 0.1) is 0 Å². The van der Waals surface area contributed by atoms with E-state index in [9.17, 15) is 4.79 Å². The van der Waals surface area contributed by atoms with Crippen LogP contribution in [0.1, 0.15) is 5.82 Å². The molecule has 0 amide bonds. The lowest BCUT2D eigenvalue weighted by atomic mass is 10.2. The first kappa shape index (κ1) is 26.4. The number of hydrogen-bond donors (Lipinski definition) is 2. The summed E-state index contributed by atoms with van der Waals surface area (Å²) in [7, 11) is 0. The third-order valence-corrected chi connectivity index (χ3v) is 7.08. The van der Waals surface area contributed by atoms with Gasteiger partial charge in [0.05, 0.1) is 16.6 Å². The Labute approximate surface area is 245 Å². The number of rotatable bonds is 6. The third-order valence-electron chi connectivity index (χ3n) is 5.56. The lowest BCUT2D eigenvalue weighted by molar-refractivity contribution is 0.292. The average molecular weight is 671 g/mol. The molecular formula is C28H19Br2ClN4O2S. The van der Waals surface area contributed by atoms with Crippen LogP contribution in [-0.4, -0.2) is 14.7 Å². The summed E-state index contributed by atoms with van der Waals surface area (Å²) in [6.45, 7) is 0.104. The van der Waals surface area contributed by atoms with Gasteiger partial charge in [-0.3, -0.25) is 9.36 Å². The molecule has 1 heterocycles. The number of thiocarbonyl (C=S) groups is 1. The molecule has 0 unspecified atom stereocenters. The van der Waals surface area contributed by atoms with E-state index < -0.39 is 0 Å². The molecule has 0 spiro atoms. The van der Waals surface area contributed by atoms with Crippen LogP contribution in [0.2, 0.25) is 5.02 Å². The molecule has 38 heavy (non-hydrogen) atoms. The second-order valence-corrected chi connectivity index (χ2v) is 10.8. The van der Waals surface area contributed by atoms with E-state index in [4.69, 9.17) is 33.5 Å². The molecule has 190 valence electrons. The van der Waals surface area contributed by atoms with Crippen molar-refractivity contribution < 1.29 is 4.74 Å². The van der Waals surface area contributed by atoms with Gasteiger partial charge in [0.1, 0.15) is 12.4 Å². The molecule has 0 aliphatic rings. The molecule has 6 nitrogen and oxygen atoms in total. The van der Waals surface area contributed by atoms with Gasteiger partial charge in [-0.1, -0.05) is 45.7 Å². The van der Waals surface area contributed by atoms with E-state index in [-0.39, 0.29) is 12.2 Å². The first-order valence-electron chi connectivity index (χ1n) is 11.4. The SMILES string of the molecule is O=c1c2cc(Br)cc(Br)c2nc(COc2ccccc2)n1-c1ccc(NC(=S)Nc2ccc(Cl)cc2)cc1. The van der Waals surface area contributed by atoms with Crippen LogP contribution in [-0.2, 0) is 6.61 Å². The van der Waals surface area contributed by atoms with Gasteiger partial charge in [-0.2, -0.15) is 0 Å². The highest BCUT2D eigenvalue weighted by Crippen LogP contribution is 2.27. The quantitative estimate of drug-likeness (QED) is 0.179. The molecule has 2 N–H and O–H groups in total. The number of anilines is 2. The molecule has 0 radical (unpaired) electrons. The van der Waals surface area contributed by atoms with Crippen molar-refractivity contribution in [1.29, 1.82) is 0 Å². The largest absolute Gasteiger partial charge is 0.486 e. The van der Waals surface area contributed by atoms with Gasteiger partial charge in [-0.05, 0) is 101 Å². The number of ether oxygens (including phenoxy) is 1. The van der Waals surface area contributed by atoms with Crippen molar-refractivity contribution in [2.24, 2.45) is 0 Å². The Morgan fingerprint density at radius 1 is 0.921 bits per heavy atom. The van der Waals surface area contributed by atoms with Crippen molar-refractivity contribution in [3.05, 3.63) is 121 Å². The summed E-state index contributed by atoms with van der Waals surface area (Å²) < 4.78 is 9.03. The van der Waals surface area contributed by atoms with Gasteiger partial charge in [-0.25, -0.2) is 4.98 Å². The summed E-state index contributed by atoms with van der Waals surface area (Å²) in [6, 6.07) is 27.7. The normalized spacial score (nSPS) is 10.8. The summed E-state index contributed by atoms with van der Waals surface area (Å²) in [4.78, 5) is 18.5. The monoisotopic (exact) mass is 668 g/mol. The van der Waals surface area contributed by atoms with Gasteiger partial charge in [0.2, 0.25) is 0 Å². The van der Waals surface area contributed by atoms with Gasteiger partial charge >= 0.3 is 0 Å². The summed E-state index contributed by atoms with van der Waals surface area (Å²) in [5.74, 6) is 1.15. The standard InChI is InChI=1S/C28H19Br2ClN4O2S/c29-17-14-23-26(24(30)15-17)34-25(16-37-22-4-2-1-3-5-22)35(27(23)36)21-12-10-20(11-13-21)33-28(38)32-19-8-6-18(31)7-9-19/h1-15H,16H2,(H2,32,33,38). The molecule has 1 aromatic heterocycles. The van der Waals surface area contributed by atoms with Crippen LogP contribution in [0.4, 0.5) is 11.4 Å². The fourth-order valence-electron chi connectivity index (χ4n) is 3.81.